The molecule has 7 heteroatoms. The number of carbonyl (C=O) groups is 3. The van der Waals surface area contributed by atoms with Gasteiger partial charge in [-0.2, -0.15) is 0 Å². The van der Waals surface area contributed by atoms with E-state index in [9.17, 15) is 19.5 Å². The molecular formula is C19H23ClN2O4. The number of likely N-dealkylation sites (N-methyl/N-ethyl adjacent to an activating group) is 1. The number of aliphatic carboxylic acids is 1. The molecule has 0 spiro atoms. The fourth-order valence-corrected chi connectivity index (χ4v) is 4.19. The molecule has 1 saturated carbocycles. The van der Waals surface area contributed by atoms with Crippen molar-refractivity contribution in [2.24, 2.45) is 11.8 Å². The molecule has 0 aromatic heterocycles. The molecule has 0 radical (unpaired) electrons. The van der Waals surface area contributed by atoms with Crippen molar-refractivity contribution in [2.75, 3.05) is 7.05 Å². The van der Waals surface area contributed by atoms with Crippen molar-refractivity contribution in [1.29, 1.82) is 0 Å². The van der Waals surface area contributed by atoms with Gasteiger partial charge in [0.15, 0.2) is 0 Å². The Labute approximate surface area is 157 Å². The Balaban J connectivity index is 1.72. The second kappa shape index (κ2) is 7.66. The lowest BCUT2D eigenvalue weighted by atomic mass is 9.81. The van der Waals surface area contributed by atoms with Gasteiger partial charge in [-0.25, -0.2) is 0 Å². The van der Waals surface area contributed by atoms with E-state index in [0.29, 0.717) is 24.3 Å². The number of carbonyl (C=O) groups excluding carboxylic acids is 2. The molecule has 2 amide bonds. The predicted molar refractivity (Wildman–Crippen MR) is 96.6 cm³/mol. The molecule has 26 heavy (non-hydrogen) atoms. The number of nitrogens with one attached hydrogen (secondary N) is 1. The molecule has 0 bridgehead atoms. The van der Waals surface area contributed by atoms with Crippen LogP contribution in [0.1, 0.15) is 43.7 Å². The van der Waals surface area contributed by atoms with E-state index in [1.54, 1.807) is 24.1 Å². The van der Waals surface area contributed by atoms with Crippen LogP contribution in [0.15, 0.2) is 24.3 Å². The smallest absolute Gasteiger partial charge is 0.306 e. The minimum absolute atomic E-state index is 0.0256. The zero-order chi connectivity index (χ0) is 18.8. The molecular weight excluding hydrogens is 356 g/mol. The Morgan fingerprint density at radius 3 is 2.50 bits per heavy atom. The van der Waals surface area contributed by atoms with Gasteiger partial charge >= 0.3 is 5.97 Å². The first kappa shape index (κ1) is 18.7. The van der Waals surface area contributed by atoms with Gasteiger partial charge in [0, 0.05) is 24.4 Å². The van der Waals surface area contributed by atoms with E-state index in [1.807, 2.05) is 12.1 Å². The third-order valence-corrected chi connectivity index (χ3v) is 5.77. The molecule has 140 valence electrons. The quantitative estimate of drug-likeness (QED) is 0.843. The average molecular weight is 379 g/mol. The topological polar surface area (TPSA) is 86.7 Å². The molecule has 1 aromatic rings. The van der Waals surface area contributed by atoms with Gasteiger partial charge in [0.05, 0.1) is 18.0 Å². The molecule has 1 saturated heterocycles. The van der Waals surface area contributed by atoms with Crippen molar-refractivity contribution in [3.8, 4) is 0 Å². The summed E-state index contributed by atoms with van der Waals surface area (Å²) in [6.45, 7) is 0. The van der Waals surface area contributed by atoms with Crippen molar-refractivity contribution in [2.45, 2.75) is 44.2 Å². The zero-order valence-electron chi connectivity index (χ0n) is 14.7. The second-order valence-electron chi connectivity index (χ2n) is 7.22. The van der Waals surface area contributed by atoms with Gasteiger partial charge in [-0.05, 0) is 37.0 Å². The predicted octanol–water partition coefficient (Wildman–Crippen LogP) is 2.62. The van der Waals surface area contributed by atoms with Crippen LogP contribution in [-0.2, 0) is 14.4 Å². The van der Waals surface area contributed by atoms with Crippen LogP contribution in [0.3, 0.4) is 0 Å². The third-order valence-electron chi connectivity index (χ3n) is 5.52. The summed E-state index contributed by atoms with van der Waals surface area (Å²) in [6, 6.07) is 6.69. The maximum atomic E-state index is 12.7. The molecule has 6 nitrogen and oxygen atoms in total. The molecule has 1 aliphatic carbocycles. The molecule has 2 fully saturated rings. The van der Waals surface area contributed by atoms with E-state index in [2.05, 4.69) is 5.32 Å². The number of halogens is 1. The molecule has 2 aliphatic rings. The van der Waals surface area contributed by atoms with Crippen molar-refractivity contribution in [3.63, 3.8) is 0 Å². The average Bonchev–Trinajstić information content (AvgIpc) is 2.90. The number of carboxylic acids is 1. The van der Waals surface area contributed by atoms with E-state index in [-0.39, 0.29) is 36.2 Å². The van der Waals surface area contributed by atoms with Crippen LogP contribution in [0.25, 0.3) is 0 Å². The number of amides is 2. The molecule has 4 unspecified atom stereocenters. The normalized spacial score (nSPS) is 28.8. The highest BCUT2D eigenvalue weighted by Crippen LogP contribution is 2.34. The second-order valence-corrected chi connectivity index (χ2v) is 7.66. The lowest BCUT2D eigenvalue weighted by molar-refractivity contribution is -0.144. The summed E-state index contributed by atoms with van der Waals surface area (Å²) in [5.41, 5.74) is 0.917. The Morgan fingerprint density at radius 1 is 1.19 bits per heavy atom. The van der Waals surface area contributed by atoms with Crippen LogP contribution in [0.5, 0.6) is 0 Å². The van der Waals surface area contributed by atoms with E-state index < -0.39 is 11.9 Å². The number of hydrogen-bond donors (Lipinski definition) is 2. The Kier molecular flexibility index (Phi) is 5.51. The van der Waals surface area contributed by atoms with Crippen molar-refractivity contribution in [3.05, 3.63) is 34.9 Å². The summed E-state index contributed by atoms with van der Waals surface area (Å²) in [4.78, 5) is 37.8. The van der Waals surface area contributed by atoms with Crippen LogP contribution >= 0.6 is 11.6 Å². The SMILES string of the molecule is CN1C(=O)CC(NC(=O)C2CCCC(C(=O)O)C2)C1c1ccc(Cl)cc1. The molecule has 1 heterocycles. The van der Waals surface area contributed by atoms with Gasteiger partial charge in [0.1, 0.15) is 0 Å². The molecule has 1 aromatic carbocycles. The van der Waals surface area contributed by atoms with Crippen LogP contribution in [0.4, 0.5) is 0 Å². The number of likely N-dealkylation sites (tertiary alicyclic amines) is 1. The highest BCUT2D eigenvalue weighted by molar-refractivity contribution is 6.30. The van der Waals surface area contributed by atoms with Crippen LogP contribution in [-0.4, -0.2) is 40.9 Å². The fraction of sp³-hybridized carbons (Fsp3) is 0.526. The van der Waals surface area contributed by atoms with Crippen molar-refractivity contribution < 1.29 is 19.5 Å². The summed E-state index contributed by atoms with van der Waals surface area (Å²) in [6.07, 6.45) is 2.65. The molecule has 2 N–H and O–H groups in total. The first-order valence-corrected chi connectivity index (χ1v) is 9.29. The summed E-state index contributed by atoms with van der Waals surface area (Å²) in [5.74, 6) is -1.78. The Bertz CT molecular complexity index is 706. The fourth-order valence-electron chi connectivity index (χ4n) is 4.07. The standard InChI is InChI=1S/C19H23ClN2O4/c1-22-16(23)10-15(17(22)11-5-7-14(20)8-6-11)21-18(24)12-3-2-4-13(9-12)19(25)26/h5-8,12-13,15,17H,2-4,9-10H2,1H3,(H,21,24)(H,25,26). The number of benzene rings is 1. The van der Waals surface area contributed by atoms with Gasteiger partial charge in [0.25, 0.3) is 0 Å². The van der Waals surface area contributed by atoms with Crippen LogP contribution in [0.2, 0.25) is 5.02 Å². The number of rotatable bonds is 4. The highest BCUT2D eigenvalue weighted by Gasteiger charge is 2.41. The first-order chi connectivity index (χ1) is 12.4. The van der Waals surface area contributed by atoms with Gasteiger partial charge in [0.2, 0.25) is 11.8 Å². The molecule has 4 atom stereocenters. The first-order valence-electron chi connectivity index (χ1n) is 8.91. The Morgan fingerprint density at radius 2 is 1.85 bits per heavy atom. The summed E-state index contributed by atoms with van der Waals surface area (Å²) in [5, 5.41) is 12.8. The minimum atomic E-state index is -0.836. The largest absolute Gasteiger partial charge is 0.481 e. The summed E-state index contributed by atoms with van der Waals surface area (Å²) < 4.78 is 0. The Hall–Kier alpha value is -2.08. The maximum Gasteiger partial charge on any atom is 0.306 e. The lowest BCUT2D eigenvalue weighted by Gasteiger charge is -2.30. The number of carboxylic acid groups (broad SMARTS) is 1. The van der Waals surface area contributed by atoms with Crippen molar-refractivity contribution in [1.82, 2.24) is 10.2 Å². The highest BCUT2D eigenvalue weighted by atomic mass is 35.5. The monoisotopic (exact) mass is 378 g/mol. The van der Waals surface area contributed by atoms with Gasteiger partial charge < -0.3 is 15.3 Å². The van der Waals surface area contributed by atoms with Crippen LogP contribution in [0, 0.1) is 11.8 Å². The lowest BCUT2D eigenvalue weighted by Crippen LogP contribution is -2.43. The third kappa shape index (κ3) is 3.85. The zero-order valence-corrected chi connectivity index (χ0v) is 15.4. The molecule has 3 rings (SSSR count). The van der Waals surface area contributed by atoms with E-state index in [4.69, 9.17) is 11.6 Å². The van der Waals surface area contributed by atoms with E-state index >= 15 is 0 Å². The van der Waals surface area contributed by atoms with Gasteiger partial charge in [-0.3, -0.25) is 14.4 Å². The maximum absolute atomic E-state index is 12.7. The number of nitrogens with zero attached hydrogens (tertiary/aromatic N) is 1. The van der Waals surface area contributed by atoms with Gasteiger partial charge in [-0.1, -0.05) is 30.2 Å². The van der Waals surface area contributed by atoms with Gasteiger partial charge in [-0.15, -0.1) is 0 Å². The summed E-state index contributed by atoms with van der Waals surface area (Å²) >= 11 is 5.95. The van der Waals surface area contributed by atoms with Crippen LogP contribution < -0.4 is 5.32 Å². The van der Waals surface area contributed by atoms with E-state index in [0.717, 1.165) is 12.0 Å². The van der Waals surface area contributed by atoms with E-state index in [1.165, 1.54) is 0 Å². The summed E-state index contributed by atoms with van der Waals surface area (Å²) in [7, 11) is 1.73. The molecule has 1 aliphatic heterocycles. The minimum Gasteiger partial charge on any atom is -0.481 e. The van der Waals surface area contributed by atoms with Crippen molar-refractivity contribution >= 4 is 29.4 Å². The number of hydrogen-bond acceptors (Lipinski definition) is 3.